The number of hydrogen-bond donors (Lipinski definition) is 0. The summed E-state index contributed by atoms with van der Waals surface area (Å²) in [6.45, 7) is 1.80. The molecule has 0 aliphatic carbocycles. The fraction of sp³-hybridized carbons (Fsp3) is 0.600. The van der Waals surface area contributed by atoms with Gasteiger partial charge in [-0.25, -0.2) is 0 Å². The van der Waals surface area contributed by atoms with Gasteiger partial charge in [0.25, 0.3) is 0 Å². The summed E-state index contributed by atoms with van der Waals surface area (Å²) >= 11 is 0. The van der Waals surface area contributed by atoms with E-state index in [1.807, 2.05) is 0 Å². The van der Waals surface area contributed by atoms with Crippen LogP contribution >= 0.6 is 0 Å². The second-order valence-corrected chi connectivity index (χ2v) is 1.35. The minimum Gasteiger partial charge on any atom is -0.550 e. The van der Waals surface area contributed by atoms with Crippen molar-refractivity contribution in [1.29, 1.82) is 0 Å². The van der Waals surface area contributed by atoms with Gasteiger partial charge in [-0.1, -0.05) is 0 Å². The summed E-state index contributed by atoms with van der Waals surface area (Å²) in [6.07, 6.45) is -0.659. The molecule has 0 rings (SSSR count). The van der Waals surface area contributed by atoms with E-state index in [2.05, 4.69) is 4.74 Å². The number of aliphatic carboxylic acids is 1. The SMILES string of the molecule is CCOC(=O)CC(=O)[O-].[Na+]. The number of ether oxygens (including phenoxy) is 1. The van der Waals surface area contributed by atoms with E-state index in [1.54, 1.807) is 6.92 Å². The van der Waals surface area contributed by atoms with Crippen molar-refractivity contribution in [3.05, 3.63) is 0 Å². The van der Waals surface area contributed by atoms with Crippen LogP contribution in [0.1, 0.15) is 13.3 Å². The number of carbonyl (C=O) groups excluding carboxylic acids is 2. The van der Waals surface area contributed by atoms with Gasteiger partial charge in [-0.3, -0.25) is 4.79 Å². The summed E-state index contributed by atoms with van der Waals surface area (Å²) in [5.41, 5.74) is 0. The number of carbonyl (C=O) groups is 2. The molecule has 10 heavy (non-hydrogen) atoms. The minimum atomic E-state index is -1.41. The molecule has 0 saturated heterocycles. The smallest absolute Gasteiger partial charge is 0.550 e. The van der Waals surface area contributed by atoms with Crippen LogP contribution in [0.2, 0.25) is 0 Å². The first-order valence-corrected chi connectivity index (χ1v) is 2.52. The van der Waals surface area contributed by atoms with Crippen LogP contribution in [0.5, 0.6) is 0 Å². The first-order chi connectivity index (χ1) is 4.16. The van der Waals surface area contributed by atoms with Gasteiger partial charge in [-0.2, -0.15) is 0 Å². The maximum Gasteiger partial charge on any atom is 1.00 e. The summed E-state index contributed by atoms with van der Waals surface area (Å²) in [5, 5.41) is 9.67. The molecule has 4 nitrogen and oxygen atoms in total. The third-order valence-corrected chi connectivity index (χ3v) is 0.594. The van der Waals surface area contributed by atoms with Gasteiger partial charge in [0.15, 0.2) is 0 Å². The predicted octanol–water partition coefficient (Wildman–Crippen LogP) is -4.31. The first kappa shape index (κ1) is 12.6. The van der Waals surface area contributed by atoms with E-state index in [9.17, 15) is 14.7 Å². The van der Waals surface area contributed by atoms with Gasteiger partial charge in [-0.15, -0.1) is 0 Å². The average Bonchev–Trinajstić information content (AvgIpc) is 1.63. The predicted molar refractivity (Wildman–Crippen MR) is 26.3 cm³/mol. The molecule has 0 N–H and O–H groups in total. The molecule has 0 atom stereocenters. The van der Waals surface area contributed by atoms with Crippen LogP contribution in [0.3, 0.4) is 0 Å². The van der Waals surface area contributed by atoms with Gasteiger partial charge in [0.2, 0.25) is 0 Å². The molecule has 0 aromatic rings. The van der Waals surface area contributed by atoms with Crippen LogP contribution in [0.4, 0.5) is 0 Å². The average molecular weight is 154 g/mol. The summed E-state index contributed by atoms with van der Waals surface area (Å²) in [4.78, 5) is 19.9. The fourth-order valence-electron chi connectivity index (χ4n) is 0.330. The van der Waals surface area contributed by atoms with E-state index in [-0.39, 0.29) is 36.2 Å². The van der Waals surface area contributed by atoms with Gasteiger partial charge in [0.1, 0.15) is 0 Å². The zero-order chi connectivity index (χ0) is 7.28. The third kappa shape index (κ3) is 7.94. The van der Waals surface area contributed by atoms with E-state index in [1.165, 1.54) is 0 Å². The largest absolute Gasteiger partial charge is 1.00 e. The maximum absolute atomic E-state index is 10.2. The van der Waals surface area contributed by atoms with E-state index >= 15 is 0 Å². The Morgan fingerprint density at radius 1 is 1.50 bits per heavy atom. The Morgan fingerprint density at radius 2 is 2.00 bits per heavy atom. The molecule has 0 aromatic heterocycles. The molecule has 5 heteroatoms. The zero-order valence-corrected chi connectivity index (χ0v) is 8.05. The van der Waals surface area contributed by atoms with Crippen molar-refractivity contribution in [3.8, 4) is 0 Å². The van der Waals surface area contributed by atoms with E-state index in [0.717, 1.165) is 0 Å². The van der Waals surface area contributed by atoms with Crippen LogP contribution in [0.25, 0.3) is 0 Å². The summed E-state index contributed by atoms with van der Waals surface area (Å²) in [5.74, 6) is -2.16. The Balaban J connectivity index is 0. The molecule has 0 fully saturated rings. The second-order valence-electron chi connectivity index (χ2n) is 1.35. The van der Waals surface area contributed by atoms with Crippen LogP contribution in [-0.4, -0.2) is 18.5 Å². The Bertz CT molecular complexity index is 123. The Hall–Kier alpha value is -0.0600. The summed E-state index contributed by atoms with van der Waals surface area (Å²) in [7, 11) is 0. The quantitative estimate of drug-likeness (QED) is 0.234. The second kappa shape index (κ2) is 7.05. The van der Waals surface area contributed by atoms with Gasteiger partial charge < -0.3 is 14.6 Å². The normalized spacial score (nSPS) is 7.70. The van der Waals surface area contributed by atoms with Crippen molar-refractivity contribution in [2.24, 2.45) is 0 Å². The standard InChI is InChI=1S/C5H8O4.Na/c1-2-9-5(8)3-4(6)7;/h2-3H2,1H3,(H,6,7);/q;+1/p-1. The van der Waals surface area contributed by atoms with Crippen LogP contribution < -0.4 is 34.7 Å². The van der Waals surface area contributed by atoms with E-state index < -0.39 is 18.4 Å². The van der Waals surface area contributed by atoms with E-state index in [0.29, 0.717) is 0 Å². The molecular formula is C5H7NaO4. The monoisotopic (exact) mass is 154 g/mol. The van der Waals surface area contributed by atoms with Crippen molar-refractivity contribution >= 4 is 11.9 Å². The molecule has 0 amide bonds. The van der Waals surface area contributed by atoms with Gasteiger partial charge >= 0.3 is 35.5 Å². The Kier molecular flexibility index (Phi) is 8.89. The molecule has 52 valence electrons. The third-order valence-electron chi connectivity index (χ3n) is 0.594. The molecule has 0 spiro atoms. The molecule has 0 radical (unpaired) electrons. The number of esters is 1. The minimum absolute atomic E-state index is 0. The molecule has 0 aromatic carbocycles. The number of hydrogen-bond acceptors (Lipinski definition) is 4. The molecule has 0 aliphatic heterocycles. The van der Waals surface area contributed by atoms with Crippen molar-refractivity contribution in [3.63, 3.8) is 0 Å². The number of rotatable bonds is 3. The van der Waals surface area contributed by atoms with Crippen molar-refractivity contribution in [2.45, 2.75) is 13.3 Å². The van der Waals surface area contributed by atoms with Crippen LogP contribution in [0, 0.1) is 0 Å². The van der Waals surface area contributed by atoms with Crippen molar-refractivity contribution in [1.82, 2.24) is 0 Å². The molecular weight excluding hydrogens is 147 g/mol. The first-order valence-electron chi connectivity index (χ1n) is 2.52. The fourth-order valence-corrected chi connectivity index (χ4v) is 0.330. The number of carboxylic acid groups (broad SMARTS) is 1. The van der Waals surface area contributed by atoms with Crippen molar-refractivity contribution in [2.75, 3.05) is 6.61 Å². The van der Waals surface area contributed by atoms with Gasteiger partial charge in [0, 0.05) is 0 Å². The Labute approximate surface area is 80.8 Å². The number of carboxylic acids is 1. The summed E-state index contributed by atoms with van der Waals surface area (Å²) in [6, 6.07) is 0. The zero-order valence-electron chi connectivity index (χ0n) is 6.05. The molecule has 0 bridgehead atoms. The van der Waals surface area contributed by atoms with Gasteiger partial charge in [-0.05, 0) is 6.92 Å². The topological polar surface area (TPSA) is 66.4 Å². The molecule has 0 saturated carbocycles. The molecule has 0 heterocycles. The van der Waals surface area contributed by atoms with Crippen LogP contribution in [0.15, 0.2) is 0 Å². The van der Waals surface area contributed by atoms with Crippen LogP contribution in [-0.2, 0) is 14.3 Å². The maximum atomic E-state index is 10.2. The van der Waals surface area contributed by atoms with Crippen molar-refractivity contribution < 1.29 is 49.0 Å². The van der Waals surface area contributed by atoms with Gasteiger partial charge in [0.05, 0.1) is 19.0 Å². The van der Waals surface area contributed by atoms with E-state index in [4.69, 9.17) is 0 Å². The molecule has 0 unspecified atom stereocenters. The summed E-state index contributed by atoms with van der Waals surface area (Å²) < 4.78 is 4.29. The molecule has 0 aliphatic rings. The Morgan fingerprint density at radius 3 is 2.30 bits per heavy atom.